The second-order valence-corrected chi connectivity index (χ2v) is 7.25. The molecule has 3 aromatic rings. The highest BCUT2D eigenvalue weighted by Crippen LogP contribution is 2.26. The van der Waals surface area contributed by atoms with Crippen LogP contribution in [0.4, 0.5) is 5.69 Å². The molecule has 0 unspecified atom stereocenters. The summed E-state index contributed by atoms with van der Waals surface area (Å²) in [6.07, 6.45) is 2.09. The summed E-state index contributed by atoms with van der Waals surface area (Å²) in [6.45, 7) is 7.13. The van der Waals surface area contributed by atoms with Crippen LogP contribution in [0, 0.1) is 13.8 Å². The molecule has 0 saturated carbocycles. The lowest BCUT2D eigenvalue weighted by molar-refractivity contribution is -0.130. The van der Waals surface area contributed by atoms with E-state index in [0.29, 0.717) is 19.5 Å². The van der Waals surface area contributed by atoms with Crippen LogP contribution in [-0.4, -0.2) is 42.1 Å². The molecule has 27 heavy (non-hydrogen) atoms. The fraction of sp³-hybridized carbons (Fsp3) is 0.318. The minimum Gasteiger partial charge on any atom is -0.508 e. The number of aromatic hydroxyl groups is 1. The summed E-state index contributed by atoms with van der Waals surface area (Å²) in [5.74, 6) is 0.409. The molecule has 1 N–H and O–H groups in total. The van der Waals surface area contributed by atoms with E-state index in [-0.39, 0.29) is 11.7 Å². The number of anilines is 1. The van der Waals surface area contributed by atoms with E-state index in [9.17, 15) is 9.90 Å². The van der Waals surface area contributed by atoms with Gasteiger partial charge in [-0.25, -0.2) is 0 Å². The number of carbonyl (C=O) groups excluding carboxylic acids is 1. The number of carbonyl (C=O) groups is 1. The second-order valence-electron chi connectivity index (χ2n) is 7.25. The molecule has 4 rings (SSSR count). The SMILES string of the molecule is Cc1cc2occ(CC(=O)N3CCN(c4ccc(O)cc4)CC3)c2cc1C. The Kier molecular flexibility index (Phi) is 4.52. The zero-order valence-corrected chi connectivity index (χ0v) is 15.7. The third kappa shape index (κ3) is 3.50. The molecule has 1 saturated heterocycles. The minimum atomic E-state index is 0.140. The van der Waals surface area contributed by atoms with Crippen LogP contribution in [0.3, 0.4) is 0 Å². The Balaban J connectivity index is 1.41. The Morgan fingerprint density at radius 2 is 1.70 bits per heavy atom. The van der Waals surface area contributed by atoms with Crippen LogP contribution in [0.1, 0.15) is 16.7 Å². The zero-order chi connectivity index (χ0) is 19.0. The number of fused-ring (bicyclic) bond motifs is 1. The monoisotopic (exact) mass is 364 g/mol. The fourth-order valence-electron chi connectivity index (χ4n) is 3.63. The highest BCUT2D eigenvalue weighted by atomic mass is 16.3. The maximum absolute atomic E-state index is 12.8. The first-order valence-corrected chi connectivity index (χ1v) is 9.30. The van der Waals surface area contributed by atoms with Gasteiger partial charge in [0, 0.05) is 42.8 Å². The van der Waals surface area contributed by atoms with Gasteiger partial charge in [0.15, 0.2) is 0 Å². The van der Waals surface area contributed by atoms with Gasteiger partial charge in [0.2, 0.25) is 5.91 Å². The summed E-state index contributed by atoms with van der Waals surface area (Å²) < 4.78 is 5.66. The summed E-state index contributed by atoms with van der Waals surface area (Å²) in [6, 6.07) is 11.4. The summed E-state index contributed by atoms with van der Waals surface area (Å²) >= 11 is 0. The maximum atomic E-state index is 12.8. The fourth-order valence-corrected chi connectivity index (χ4v) is 3.63. The van der Waals surface area contributed by atoms with Crippen molar-refractivity contribution in [2.45, 2.75) is 20.3 Å². The van der Waals surface area contributed by atoms with Crippen molar-refractivity contribution in [2.24, 2.45) is 0 Å². The molecular formula is C22H24N2O3. The molecule has 1 aromatic heterocycles. The number of hydrogen-bond donors (Lipinski definition) is 1. The maximum Gasteiger partial charge on any atom is 0.227 e. The van der Waals surface area contributed by atoms with Crippen LogP contribution in [-0.2, 0) is 11.2 Å². The average molecular weight is 364 g/mol. The topological polar surface area (TPSA) is 56.9 Å². The largest absolute Gasteiger partial charge is 0.508 e. The molecule has 2 heterocycles. The molecule has 140 valence electrons. The molecule has 0 radical (unpaired) electrons. The lowest BCUT2D eigenvalue weighted by atomic mass is 10.0. The van der Waals surface area contributed by atoms with Crippen molar-refractivity contribution in [3.8, 4) is 5.75 Å². The number of aryl methyl sites for hydroxylation is 2. The number of hydrogen-bond acceptors (Lipinski definition) is 4. The summed E-state index contributed by atoms with van der Waals surface area (Å²) in [4.78, 5) is 16.9. The third-order valence-electron chi connectivity index (χ3n) is 5.46. The average Bonchev–Trinajstić information content (AvgIpc) is 3.04. The smallest absolute Gasteiger partial charge is 0.227 e. The van der Waals surface area contributed by atoms with Crippen LogP contribution in [0.2, 0.25) is 0 Å². The van der Waals surface area contributed by atoms with E-state index >= 15 is 0 Å². The molecule has 5 heteroatoms. The molecular weight excluding hydrogens is 340 g/mol. The van der Waals surface area contributed by atoms with E-state index in [0.717, 1.165) is 35.3 Å². The van der Waals surface area contributed by atoms with Crippen LogP contribution in [0.5, 0.6) is 5.75 Å². The molecule has 1 aliphatic rings. The molecule has 0 aliphatic carbocycles. The van der Waals surface area contributed by atoms with Gasteiger partial charge in [-0.05, 0) is 61.4 Å². The van der Waals surface area contributed by atoms with Gasteiger partial charge in [0.1, 0.15) is 11.3 Å². The van der Waals surface area contributed by atoms with E-state index in [1.54, 1.807) is 18.4 Å². The Morgan fingerprint density at radius 1 is 1.04 bits per heavy atom. The summed E-state index contributed by atoms with van der Waals surface area (Å²) in [7, 11) is 0. The van der Waals surface area contributed by atoms with Gasteiger partial charge in [-0.2, -0.15) is 0 Å². The zero-order valence-electron chi connectivity index (χ0n) is 15.7. The second kappa shape index (κ2) is 6.99. The van der Waals surface area contributed by atoms with Gasteiger partial charge in [-0.3, -0.25) is 4.79 Å². The molecule has 1 aliphatic heterocycles. The quantitative estimate of drug-likeness (QED) is 0.771. The van der Waals surface area contributed by atoms with E-state index in [1.807, 2.05) is 23.1 Å². The van der Waals surface area contributed by atoms with Crippen LogP contribution in [0.25, 0.3) is 11.0 Å². The number of amides is 1. The number of nitrogens with zero attached hydrogens (tertiary/aromatic N) is 2. The molecule has 0 atom stereocenters. The number of benzene rings is 2. The molecule has 5 nitrogen and oxygen atoms in total. The first-order chi connectivity index (χ1) is 13.0. The minimum absolute atomic E-state index is 0.140. The van der Waals surface area contributed by atoms with Crippen molar-refractivity contribution in [1.82, 2.24) is 4.90 Å². The Bertz CT molecular complexity index is 967. The van der Waals surface area contributed by atoms with Crippen molar-refractivity contribution < 1.29 is 14.3 Å². The van der Waals surface area contributed by atoms with Gasteiger partial charge in [0.05, 0.1) is 12.7 Å². The molecule has 0 spiro atoms. The van der Waals surface area contributed by atoms with Gasteiger partial charge >= 0.3 is 0 Å². The van der Waals surface area contributed by atoms with Gasteiger partial charge in [-0.15, -0.1) is 0 Å². The summed E-state index contributed by atoms with van der Waals surface area (Å²) in [5, 5.41) is 10.5. The van der Waals surface area contributed by atoms with E-state index in [1.165, 1.54) is 11.1 Å². The van der Waals surface area contributed by atoms with Crippen molar-refractivity contribution in [3.63, 3.8) is 0 Å². The first kappa shape index (κ1) is 17.5. The van der Waals surface area contributed by atoms with E-state index in [2.05, 4.69) is 24.8 Å². The Hall–Kier alpha value is -2.95. The Labute approximate surface area is 158 Å². The van der Waals surface area contributed by atoms with Gasteiger partial charge in [-0.1, -0.05) is 0 Å². The normalized spacial score (nSPS) is 14.7. The predicted molar refractivity (Wildman–Crippen MR) is 106 cm³/mol. The highest BCUT2D eigenvalue weighted by molar-refractivity contribution is 5.88. The van der Waals surface area contributed by atoms with Crippen LogP contribution >= 0.6 is 0 Å². The molecule has 1 fully saturated rings. The van der Waals surface area contributed by atoms with Crippen molar-refractivity contribution in [1.29, 1.82) is 0 Å². The van der Waals surface area contributed by atoms with Crippen molar-refractivity contribution >= 4 is 22.6 Å². The number of rotatable bonds is 3. The number of furan rings is 1. The predicted octanol–water partition coefficient (Wildman–Crippen LogP) is 3.65. The van der Waals surface area contributed by atoms with Crippen LogP contribution < -0.4 is 4.90 Å². The number of piperazine rings is 1. The van der Waals surface area contributed by atoms with Gasteiger partial charge in [0.25, 0.3) is 0 Å². The van der Waals surface area contributed by atoms with E-state index in [4.69, 9.17) is 4.42 Å². The lowest BCUT2D eigenvalue weighted by Gasteiger charge is -2.36. The van der Waals surface area contributed by atoms with Crippen LogP contribution in [0.15, 0.2) is 47.1 Å². The molecule has 1 amide bonds. The number of phenolic OH excluding ortho intramolecular Hbond substituents is 1. The highest BCUT2D eigenvalue weighted by Gasteiger charge is 2.22. The molecule has 0 bridgehead atoms. The van der Waals surface area contributed by atoms with Crippen molar-refractivity contribution in [2.75, 3.05) is 31.1 Å². The molecule has 2 aromatic carbocycles. The van der Waals surface area contributed by atoms with Gasteiger partial charge < -0.3 is 19.3 Å². The van der Waals surface area contributed by atoms with E-state index < -0.39 is 0 Å². The summed E-state index contributed by atoms with van der Waals surface area (Å²) in [5.41, 5.74) is 5.28. The number of phenols is 1. The standard InChI is InChI=1S/C22H24N2O3/c1-15-11-20-17(14-27-21(20)12-16(15)2)13-22(26)24-9-7-23(8-10-24)18-3-5-19(25)6-4-18/h3-6,11-12,14,25H,7-10,13H2,1-2H3. The Morgan fingerprint density at radius 3 is 2.41 bits per heavy atom. The first-order valence-electron chi connectivity index (χ1n) is 9.30. The van der Waals surface area contributed by atoms with Crippen molar-refractivity contribution in [3.05, 3.63) is 59.4 Å². The third-order valence-corrected chi connectivity index (χ3v) is 5.46. The lowest BCUT2D eigenvalue weighted by Crippen LogP contribution is -2.49.